The largest absolute Gasteiger partial charge is 0.467 e. The molecule has 182 valence electrons. The highest BCUT2D eigenvalue weighted by Crippen LogP contribution is 2.07. The molecular weight excluding hydrogens is 438 g/mol. The van der Waals surface area contributed by atoms with Crippen LogP contribution in [0.5, 0.6) is 0 Å². The molecule has 0 spiro atoms. The molecule has 3 amide bonds. The van der Waals surface area contributed by atoms with Gasteiger partial charge in [-0.2, -0.15) is 0 Å². The van der Waals surface area contributed by atoms with Gasteiger partial charge in [0.2, 0.25) is 11.8 Å². The number of esters is 1. The molecule has 3 N–H and O–H groups in total. The predicted octanol–water partition coefficient (Wildman–Crippen LogP) is 1.95. The van der Waals surface area contributed by atoms with E-state index in [1.54, 1.807) is 13.8 Å². The fourth-order valence-corrected chi connectivity index (χ4v) is 3.11. The van der Waals surface area contributed by atoms with Crippen molar-refractivity contribution in [1.29, 1.82) is 0 Å². The maximum Gasteiger partial charge on any atom is 0.407 e. The summed E-state index contributed by atoms with van der Waals surface area (Å²) < 4.78 is 9.85. The highest BCUT2D eigenvalue weighted by Gasteiger charge is 2.29. The van der Waals surface area contributed by atoms with E-state index in [4.69, 9.17) is 9.47 Å². The van der Waals surface area contributed by atoms with E-state index in [0.717, 1.165) is 11.1 Å². The Morgan fingerprint density at radius 3 is 2.00 bits per heavy atom. The van der Waals surface area contributed by atoms with E-state index < -0.39 is 36.0 Å². The summed E-state index contributed by atoms with van der Waals surface area (Å²) >= 11 is 0. The summed E-state index contributed by atoms with van der Waals surface area (Å²) in [4.78, 5) is 49.4. The molecule has 9 nitrogen and oxygen atoms in total. The Morgan fingerprint density at radius 2 is 1.44 bits per heavy atom. The van der Waals surface area contributed by atoms with E-state index in [1.165, 1.54) is 7.11 Å². The SMILES string of the molecule is COC(=O)[C@@H](NC(=O)[C@H](Cc1ccccc1)NC(=O)CNC(=O)OCc1ccccc1)C(C)C. The summed E-state index contributed by atoms with van der Waals surface area (Å²) in [5, 5.41) is 7.65. The molecule has 9 heteroatoms. The topological polar surface area (TPSA) is 123 Å². The number of hydrogen-bond acceptors (Lipinski definition) is 6. The normalized spacial score (nSPS) is 12.2. The molecule has 2 aromatic rings. The van der Waals surface area contributed by atoms with Gasteiger partial charge in [-0.25, -0.2) is 9.59 Å². The van der Waals surface area contributed by atoms with Crippen molar-refractivity contribution in [1.82, 2.24) is 16.0 Å². The van der Waals surface area contributed by atoms with Crippen LogP contribution < -0.4 is 16.0 Å². The first-order valence-electron chi connectivity index (χ1n) is 11.0. The number of ether oxygens (including phenoxy) is 2. The second kappa shape index (κ2) is 13.6. The van der Waals surface area contributed by atoms with Gasteiger partial charge in [-0.15, -0.1) is 0 Å². The van der Waals surface area contributed by atoms with Crippen LogP contribution in [-0.4, -0.2) is 49.6 Å². The summed E-state index contributed by atoms with van der Waals surface area (Å²) in [7, 11) is 1.25. The van der Waals surface area contributed by atoms with Crippen LogP contribution in [0.2, 0.25) is 0 Å². The number of rotatable bonds is 11. The van der Waals surface area contributed by atoms with Gasteiger partial charge in [-0.05, 0) is 17.0 Å². The smallest absolute Gasteiger partial charge is 0.407 e. The van der Waals surface area contributed by atoms with E-state index in [9.17, 15) is 19.2 Å². The first-order chi connectivity index (χ1) is 16.3. The number of carbonyl (C=O) groups excluding carboxylic acids is 4. The van der Waals surface area contributed by atoms with E-state index in [2.05, 4.69) is 16.0 Å². The average Bonchev–Trinajstić information content (AvgIpc) is 2.84. The molecule has 0 unspecified atom stereocenters. The minimum atomic E-state index is -0.969. The summed E-state index contributed by atoms with van der Waals surface area (Å²) in [5.41, 5.74) is 1.63. The van der Waals surface area contributed by atoms with Crippen LogP contribution in [0.3, 0.4) is 0 Å². The molecular formula is C25H31N3O6. The minimum absolute atomic E-state index is 0.0669. The van der Waals surface area contributed by atoms with Crippen molar-refractivity contribution in [2.75, 3.05) is 13.7 Å². The van der Waals surface area contributed by atoms with Crippen molar-refractivity contribution in [2.24, 2.45) is 5.92 Å². The van der Waals surface area contributed by atoms with Gasteiger partial charge >= 0.3 is 12.1 Å². The second-order valence-electron chi connectivity index (χ2n) is 7.98. The van der Waals surface area contributed by atoms with Gasteiger partial charge in [0, 0.05) is 6.42 Å². The molecule has 34 heavy (non-hydrogen) atoms. The third-order valence-electron chi connectivity index (χ3n) is 4.96. The van der Waals surface area contributed by atoms with Crippen molar-refractivity contribution in [3.63, 3.8) is 0 Å². The zero-order valence-corrected chi connectivity index (χ0v) is 19.6. The summed E-state index contributed by atoms with van der Waals surface area (Å²) in [6.45, 7) is 3.24. The monoisotopic (exact) mass is 469 g/mol. The molecule has 0 radical (unpaired) electrons. The summed E-state index contributed by atoms with van der Waals surface area (Å²) in [6.07, 6.45) is -0.559. The maximum absolute atomic E-state index is 13.0. The van der Waals surface area contributed by atoms with Gasteiger partial charge in [-0.3, -0.25) is 9.59 Å². The number of carbonyl (C=O) groups is 4. The Morgan fingerprint density at radius 1 is 0.853 bits per heavy atom. The molecule has 0 aromatic heterocycles. The van der Waals surface area contributed by atoms with Crippen LogP contribution in [0, 0.1) is 5.92 Å². The molecule has 0 saturated heterocycles. The van der Waals surface area contributed by atoms with Gasteiger partial charge in [0.15, 0.2) is 0 Å². The van der Waals surface area contributed by atoms with Crippen molar-refractivity contribution in [3.8, 4) is 0 Å². The Kier molecular flexibility index (Phi) is 10.6. The van der Waals surface area contributed by atoms with Gasteiger partial charge < -0.3 is 25.4 Å². The third-order valence-corrected chi connectivity index (χ3v) is 4.96. The van der Waals surface area contributed by atoms with E-state index in [-0.39, 0.29) is 25.5 Å². The fraction of sp³-hybridized carbons (Fsp3) is 0.360. The Labute approximate surface area is 199 Å². The lowest BCUT2D eigenvalue weighted by Gasteiger charge is -2.24. The second-order valence-corrected chi connectivity index (χ2v) is 7.98. The highest BCUT2D eigenvalue weighted by molar-refractivity contribution is 5.92. The lowest BCUT2D eigenvalue weighted by molar-refractivity contribution is -0.146. The molecule has 0 fully saturated rings. The summed E-state index contributed by atoms with van der Waals surface area (Å²) in [6, 6.07) is 16.4. The van der Waals surface area contributed by atoms with Crippen LogP contribution in [-0.2, 0) is 36.9 Å². The van der Waals surface area contributed by atoms with Crippen molar-refractivity contribution < 1.29 is 28.7 Å². The van der Waals surface area contributed by atoms with Crippen LogP contribution in [0.15, 0.2) is 60.7 Å². The number of amides is 3. The van der Waals surface area contributed by atoms with E-state index in [0.29, 0.717) is 0 Å². The highest BCUT2D eigenvalue weighted by atomic mass is 16.5. The van der Waals surface area contributed by atoms with Crippen LogP contribution >= 0.6 is 0 Å². The van der Waals surface area contributed by atoms with Gasteiger partial charge in [-0.1, -0.05) is 74.5 Å². The lowest BCUT2D eigenvalue weighted by atomic mass is 10.0. The minimum Gasteiger partial charge on any atom is -0.467 e. The molecule has 0 aliphatic rings. The first kappa shape index (κ1) is 26.4. The van der Waals surface area contributed by atoms with E-state index >= 15 is 0 Å². The van der Waals surface area contributed by atoms with Gasteiger partial charge in [0.1, 0.15) is 25.2 Å². The fourth-order valence-electron chi connectivity index (χ4n) is 3.11. The lowest BCUT2D eigenvalue weighted by Crippen LogP contribution is -2.55. The molecule has 0 heterocycles. The zero-order valence-electron chi connectivity index (χ0n) is 19.6. The number of alkyl carbamates (subject to hydrolysis) is 1. The molecule has 2 aromatic carbocycles. The number of methoxy groups -OCH3 is 1. The summed E-state index contributed by atoms with van der Waals surface area (Å²) in [5.74, 6) is -1.90. The van der Waals surface area contributed by atoms with Crippen molar-refractivity contribution in [2.45, 2.75) is 39.0 Å². The maximum atomic E-state index is 13.0. The van der Waals surface area contributed by atoms with E-state index in [1.807, 2.05) is 60.7 Å². The standard InChI is InChI=1S/C25H31N3O6/c1-17(2)22(24(31)33-3)28-23(30)20(14-18-10-6-4-7-11-18)27-21(29)15-26-25(32)34-16-19-12-8-5-9-13-19/h4-13,17,20,22H,14-16H2,1-3H3,(H,26,32)(H,27,29)(H,28,30)/t20-,22-/m0/s1. The van der Waals surface area contributed by atoms with Gasteiger partial charge in [0.05, 0.1) is 7.11 Å². The number of benzene rings is 2. The number of hydrogen-bond donors (Lipinski definition) is 3. The third kappa shape index (κ3) is 8.93. The predicted molar refractivity (Wildman–Crippen MR) is 125 cm³/mol. The molecule has 2 atom stereocenters. The Hall–Kier alpha value is -3.88. The number of nitrogens with one attached hydrogen (secondary N) is 3. The molecule has 2 rings (SSSR count). The molecule has 0 saturated carbocycles. The van der Waals surface area contributed by atoms with Crippen LogP contribution in [0.4, 0.5) is 4.79 Å². The molecule has 0 aliphatic heterocycles. The Bertz CT molecular complexity index is 950. The Balaban J connectivity index is 1.97. The van der Waals surface area contributed by atoms with Crippen molar-refractivity contribution in [3.05, 3.63) is 71.8 Å². The van der Waals surface area contributed by atoms with Crippen LogP contribution in [0.25, 0.3) is 0 Å². The zero-order chi connectivity index (χ0) is 24.9. The van der Waals surface area contributed by atoms with Crippen LogP contribution in [0.1, 0.15) is 25.0 Å². The average molecular weight is 470 g/mol. The van der Waals surface area contributed by atoms with Gasteiger partial charge in [0.25, 0.3) is 0 Å². The molecule has 0 bridgehead atoms. The van der Waals surface area contributed by atoms with Crippen molar-refractivity contribution >= 4 is 23.9 Å². The molecule has 0 aliphatic carbocycles. The first-order valence-corrected chi connectivity index (χ1v) is 11.0. The quantitative estimate of drug-likeness (QED) is 0.433.